The van der Waals surface area contributed by atoms with Crippen LogP contribution in [-0.2, 0) is 6.54 Å². The second kappa shape index (κ2) is 5.23. The van der Waals surface area contributed by atoms with Gasteiger partial charge in [0, 0.05) is 23.9 Å². The predicted octanol–water partition coefficient (Wildman–Crippen LogP) is 2.22. The van der Waals surface area contributed by atoms with E-state index in [0.29, 0.717) is 0 Å². The molecule has 18 heavy (non-hydrogen) atoms. The fraction of sp³-hybridized carbons (Fsp3) is 0.357. The lowest BCUT2D eigenvalue weighted by Gasteiger charge is -2.07. The molecule has 0 saturated heterocycles. The second-order valence-electron chi connectivity index (χ2n) is 4.29. The standard InChI is InChI=1S/C14H19N3O/c1-10-14(9-15-3)11(2)17(16-10)12-6-5-7-13(8-12)18-4/h5-8,15H,9H2,1-4H3. The molecule has 0 unspecified atom stereocenters. The molecule has 0 aliphatic rings. The summed E-state index contributed by atoms with van der Waals surface area (Å²) >= 11 is 0. The van der Waals surface area contributed by atoms with E-state index in [4.69, 9.17) is 4.74 Å². The van der Waals surface area contributed by atoms with Gasteiger partial charge in [0.2, 0.25) is 0 Å². The molecule has 0 saturated carbocycles. The number of aromatic nitrogens is 2. The van der Waals surface area contributed by atoms with Crippen LogP contribution >= 0.6 is 0 Å². The van der Waals surface area contributed by atoms with Gasteiger partial charge in [-0.2, -0.15) is 5.10 Å². The van der Waals surface area contributed by atoms with E-state index in [-0.39, 0.29) is 0 Å². The Balaban J connectivity index is 2.47. The second-order valence-corrected chi connectivity index (χ2v) is 4.29. The molecule has 2 aromatic rings. The highest BCUT2D eigenvalue weighted by Gasteiger charge is 2.12. The summed E-state index contributed by atoms with van der Waals surface area (Å²) in [4.78, 5) is 0. The number of nitrogens with one attached hydrogen (secondary N) is 1. The van der Waals surface area contributed by atoms with Crippen molar-refractivity contribution in [2.75, 3.05) is 14.2 Å². The average Bonchev–Trinajstić information content (AvgIpc) is 2.67. The maximum atomic E-state index is 5.25. The van der Waals surface area contributed by atoms with Crippen LogP contribution in [0.1, 0.15) is 17.0 Å². The van der Waals surface area contributed by atoms with Crippen molar-refractivity contribution >= 4 is 0 Å². The minimum atomic E-state index is 0.835. The Bertz CT molecular complexity index is 546. The minimum Gasteiger partial charge on any atom is -0.497 e. The Morgan fingerprint density at radius 1 is 1.33 bits per heavy atom. The smallest absolute Gasteiger partial charge is 0.121 e. The molecule has 0 amide bonds. The first-order chi connectivity index (χ1) is 8.67. The molecular weight excluding hydrogens is 226 g/mol. The van der Waals surface area contributed by atoms with E-state index in [0.717, 1.165) is 29.4 Å². The zero-order chi connectivity index (χ0) is 13.1. The first kappa shape index (κ1) is 12.6. The van der Waals surface area contributed by atoms with Gasteiger partial charge >= 0.3 is 0 Å². The summed E-state index contributed by atoms with van der Waals surface area (Å²) in [7, 11) is 3.62. The van der Waals surface area contributed by atoms with Crippen molar-refractivity contribution in [1.29, 1.82) is 0 Å². The SMILES string of the molecule is CNCc1c(C)nn(-c2cccc(OC)c2)c1C. The molecule has 0 fully saturated rings. The first-order valence-corrected chi connectivity index (χ1v) is 6.01. The predicted molar refractivity (Wildman–Crippen MR) is 72.4 cm³/mol. The van der Waals surface area contributed by atoms with Crippen LogP contribution in [0, 0.1) is 13.8 Å². The van der Waals surface area contributed by atoms with Crippen molar-refractivity contribution in [3.63, 3.8) is 0 Å². The molecule has 0 aliphatic carbocycles. The lowest BCUT2D eigenvalue weighted by molar-refractivity contribution is 0.414. The van der Waals surface area contributed by atoms with Crippen LogP contribution in [0.15, 0.2) is 24.3 Å². The van der Waals surface area contributed by atoms with E-state index in [1.807, 2.05) is 42.9 Å². The lowest BCUT2D eigenvalue weighted by Crippen LogP contribution is -2.07. The summed E-state index contributed by atoms with van der Waals surface area (Å²) in [5.41, 5.74) is 4.50. The van der Waals surface area contributed by atoms with Crippen LogP contribution in [0.3, 0.4) is 0 Å². The van der Waals surface area contributed by atoms with E-state index in [1.165, 1.54) is 5.56 Å². The monoisotopic (exact) mass is 245 g/mol. The topological polar surface area (TPSA) is 39.1 Å². The average molecular weight is 245 g/mol. The number of nitrogens with zero attached hydrogens (tertiary/aromatic N) is 2. The Labute approximate surface area is 108 Å². The van der Waals surface area contributed by atoms with Crippen molar-refractivity contribution in [2.45, 2.75) is 20.4 Å². The van der Waals surface area contributed by atoms with Gasteiger partial charge in [-0.3, -0.25) is 0 Å². The summed E-state index contributed by atoms with van der Waals surface area (Å²) in [5.74, 6) is 0.843. The minimum absolute atomic E-state index is 0.835. The fourth-order valence-corrected chi connectivity index (χ4v) is 2.10. The number of hydrogen-bond donors (Lipinski definition) is 1. The number of methoxy groups -OCH3 is 1. The van der Waals surface area contributed by atoms with Crippen LogP contribution in [0.4, 0.5) is 0 Å². The van der Waals surface area contributed by atoms with Gasteiger partial charge in [0.05, 0.1) is 18.5 Å². The van der Waals surface area contributed by atoms with E-state index >= 15 is 0 Å². The molecular formula is C14H19N3O. The van der Waals surface area contributed by atoms with Crippen LogP contribution in [-0.4, -0.2) is 23.9 Å². The maximum absolute atomic E-state index is 5.25. The Hall–Kier alpha value is -1.81. The van der Waals surface area contributed by atoms with Crippen molar-refractivity contribution in [3.8, 4) is 11.4 Å². The number of aryl methyl sites for hydroxylation is 1. The third kappa shape index (κ3) is 2.24. The molecule has 1 aromatic heterocycles. The summed E-state index contributed by atoms with van der Waals surface area (Å²) in [5, 5.41) is 7.77. The molecule has 1 N–H and O–H groups in total. The van der Waals surface area contributed by atoms with Crippen LogP contribution in [0.2, 0.25) is 0 Å². The van der Waals surface area contributed by atoms with Gasteiger partial charge in [-0.1, -0.05) is 6.07 Å². The number of ether oxygens (including phenoxy) is 1. The highest BCUT2D eigenvalue weighted by molar-refractivity contribution is 5.41. The fourth-order valence-electron chi connectivity index (χ4n) is 2.10. The van der Waals surface area contributed by atoms with Crippen molar-refractivity contribution in [1.82, 2.24) is 15.1 Å². The van der Waals surface area contributed by atoms with Gasteiger partial charge in [-0.25, -0.2) is 4.68 Å². The molecule has 0 aliphatic heterocycles. The number of rotatable bonds is 4. The van der Waals surface area contributed by atoms with Crippen molar-refractivity contribution in [2.24, 2.45) is 0 Å². The molecule has 96 valence electrons. The molecule has 4 heteroatoms. The third-order valence-corrected chi connectivity index (χ3v) is 3.09. The summed E-state index contributed by atoms with van der Waals surface area (Å²) in [6.45, 7) is 4.96. The van der Waals surface area contributed by atoms with Gasteiger partial charge in [0.15, 0.2) is 0 Å². The Kier molecular flexibility index (Phi) is 3.67. The van der Waals surface area contributed by atoms with E-state index in [1.54, 1.807) is 7.11 Å². The number of benzene rings is 1. The molecule has 0 spiro atoms. The first-order valence-electron chi connectivity index (χ1n) is 6.01. The number of hydrogen-bond acceptors (Lipinski definition) is 3. The largest absolute Gasteiger partial charge is 0.497 e. The zero-order valence-electron chi connectivity index (χ0n) is 11.3. The van der Waals surface area contributed by atoms with Crippen molar-refractivity contribution < 1.29 is 4.74 Å². The molecule has 1 heterocycles. The van der Waals surface area contributed by atoms with Crippen LogP contribution in [0.5, 0.6) is 5.75 Å². The normalized spacial score (nSPS) is 10.7. The van der Waals surface area contributed by atoms with Gasteiger partial charge in [0.1, 0.15) is 5.75 Å². The van der Waals surface area contributed by atoms with E-state index < -0.39 is 0 Å². The molecule has 2 rings (SSSR count). The Morgan fingerprint density at radius 3 is 2.78 bits per heavy atom. The van der Waals surface area contributed by atoms with Gasteiger partial charge in [0.25, 0.3) is 0 Å². The van der Waals surface area contributed by atoms with Crippen LogP contribution < -0.4 is 10.1 Å². The molecule has 0 atom stereocenters. The maximum Gasteiger partial charge on any atom is 0.121 e. The van der Waals surface area contributed by atoms with E-state index in [2.05, 4.69) is 17.3 Å². The Morgan fingerprint density at radius 2 is 2.11 bits per heavy atom. The molecule has 1 aromatic carbocycles. The lowest BCUT2D eigenvalue weighted by atomic mass is 10.2. The molecule has 4 nitrogen and oxygen atoms in total. The van der Waals surface area contributed by atoms with Crippen LogP contribution in [0.25, 0.3) is 5.69 Å². The van der Waals surface area contributed by atoms with Gasteiger partial charge < -0.3 is 10.1 Å². The molecule has 0 radical (unpaired) electrons. The van der Waals surface area contributed by atoms with Crippen molar-refractivity contribution in [3.05, 3.63) is 41.2 Å². The highest BCUT2D eigenvalue weighted by atomic mass is 16.5. The third-order valence-electron chi connectivity index (χ3n) is 3.09. The zero-order valence-corrected chi connectivity index (χ0v) is 11.3. The summed E-state index contributed by atoms with van der Waals surface area (Å²) in [6, 6.07) is 7.93. The van der Waals surface area contributed by atoms with Gasteiger partial charge in [-0.15, -0.1) is 0 Å². The van der Waals surface area contributed by atoms with Gasteiger partial charge in [-0.05, 0) is 33.0 Å². The summed E-state index contributed by atoms with van der Waals surface area (Å²) < 4.78 is 7.21. The summed E-state index contributed by atoms with van der Waals surface area (Å²) in [6.07, 6.45) is 0. The van der Waals surface area contributed by atoms with E-state index in [9.17, 15) is 0 Å². The molecule has 0 bridgehead atoms. The quantitative estimate of drug-likeness (QED) is 0.897. The highest BCUT2D eigenvalue weighted by Crippen LogP contribution is 2.21.